The molecule has 7 nitrogen and oxygen atoms in total. The standard InChI is InChI=1S/C18H21N5O2/c24-18(14-10-19-7-8-21-14)22-15-12-23(11-13-4-1-2-6-20-13)16-5-3-9-25-17(15)16/h1-2,4,6-8,10,15-17H,3,5,9,11-12H2,(H,22,24)/t15-,16-,17-/m0/s1. The van der Waals surface area contributed by atoms with Crippen LogP contribution in [0.2, 0.25) is 0 Å². The van der Waals surface area contributed by atoms with E-state index in [0.717, 1.165) is 38.2 Å². The molecule has 25 heavy (non-hydrogen) atoms. The number of ether oxygens (including phenoxy) is 1. The predicted octanol–water partition coefficient (Wildman–Crippen LogP) is 1.03. The monoisotopic (exact) mass is 339 g/mol. The van der Waals surface area contributed by atoms with E-state index in [4.69, 9.17) is 4.74 Å². The average molecular weight is 339 g/mol. The number of amides is 1. The first-order valence-electron chi connectivity index (χ1n) is 8.64. The van der Waals surface area contributed by atoms with Crippen molar-refractivity contribution in [3.05, 3.63) is 54.4 Å². The summed E-state index contributed by atoms with van der Waals surface area (Å²) in [7, 11) is 0. The third-order valence-electron chi connectivity index (χ3n) is 4.83. The van der Waals surface area contributed by atoms with Gasteiger partial charge in [-0.25, -0.2) is 4.98 Å². The largest absolute Gasteiger partial charge is 0.374 e. The number of nitrogens with one attached hydrogen (secondary N) is 1. The van der Waals surface area contributed by atoms with Crippen LogP contribution in [0.5, 0.6) is 0 Å². The number of nitrogens with zero attached hydrogens (tertiary/aromatic N) is 4. The van der Waals surface area contributed by atoms with Gasteiger partial charge in [-0.05, 0) is 25.0 Å². The van der Waals surface area contributed by atoms with Crippen molar-refractivity contribution in [3.63, 3.8) is 0 Å². The van der Waals surface area contributed by atoms with Crippen LogP contribution in [0, 0.1) is 0 Å². The van der Waals surface area contributed by atoms with Gasteiger partial charge >= 0.3 is 0 Å². The van der Waals surface area contributed by atoms with E-state index in [2.05, 4.69) is 25.2 Å². The Balaban J connectivity index is 1.48. The molecule has 0 bridgehead atoms. The zero-order valence-corrected chi connectivity index (χ0v) is 13.9. The number of hydrogen-bond acceptors (Lipinski definition) is 6. The number of fused-ring (bicyclic) bond motifs is 1. The highest BCUT2D eigenvalue weighted by Crippen LogP contribution is 2.30. The fraction of sp³-hybridized carbons (Fsp3) is 0.444. The van der Waals surface area contributed by atoms with Crippen LogP contribution in [0.4, 0.5) is 0 Å². The lowest BCUT2D eigenvalue weighted by molar-refractivity contribution is -0.0213. The number of pyridine rings is 1. The van der Waals surface area contributed by atoms with Crippen molar-refractivity contribution in [1.29, 1.82) is 0 Å². The smallest absolute Gasteiger partial charge is 0.271 e. The van der Waals surface area contributed by atoms with Crippen molar-refractivity contribution in [2.24, 2.45) is 0 Å². The van der Waals surface area contributed by atoms with Crippen molar-refractivity contribution in [1.82, 2.24) is 25.2 Å². The van der Waals surface area contributed by atoms with E-state index in [1.165, 1.54) is 12.4 Å². The zero-order chi connectivity index (χ0) is 17.1. The second-order valence-electron chi connectivity index (χ2n) is 6.47. The Kier molecular flexibility index (Phi) is 4.67. The molecule has 0 aliphatic carbocycles. The summed E-state index contributed by atoms with van der Waals surface area (Å²) < 4.78 is 6.01. The normalized spacial score (nSPS) is 26.2. The van der Waals surface area contributed by atoms with Gasteiger partial charge < -0.3 is 10.1 Å². The van der Waals surface area contributed by atoms with E-state index >= 15 is 0 Å². The summed E-state index contributed by atoms with van der Waals surface area (Å²) >= 11 is 0. The van der Waals surface area contributed by atoms with Crippen molar-refractivity contribution in [2.75, 3.05) is 13.2 Å². The lowest BCUT2D eigenvalue weighted by atomic mass is 10.0. The Hall–Kier alpha value is -2.38. The molecule has 2 aromatic rings. The number of likely N-dealkylation sites (tertiary alicyclic amines) is 1. The molecule has 130 valence electrons. The Morgan fingerprint density at radius 3 is 3.04 bits per heavy atom. The van der Waals surface area contributed by atoms with Gasteiger partial charge in [-0.2, -0.15) is 0 Å². The predicted molar refractivity (Wildman–Crippen MR) is 90.7 cm³/mol. The van der Waals surface area contributed by atoms with Crippen LogP contribution >= 0.6 is 0 Å². The van der Waals surface area contributed by atoms with Crippen LogP contribution in [-0.4, -0.2) is 57.1 Å². The molecular formula is C18H21N5O2. The second kappa shape index (κ2) is 7.25. The quantitative estimate of drug-likeness (QED) is 0.896. The maximum atomic E-state index is 12.4. The van der Waals surface area contributed by atoms with Crippen molar-refractivity contribution >= 4 is 5.91 Å². The highest BCUT2D eigenvalue weighted by atomic mass is 16.5. The molecule has 2 aliphatic rings. The van der Waals surface area contributed by atoms with E-state index in [0.29, 0.717) is 11.7 Å². The summed E-state index contributed by atoms with van der Waals surface area (Å²) in [6, 6.07) is 6.21. The molecule has 4 heterocycles. The van der Waals surface area contributed by atoms with E-state index in [9.17, 15) is 4.79 Å². The second-order valence-corrected chi connectivity index (χ2v) is 6.47. The molecule has 7 heteroatoms. The molecule has 2 aromatic heterocycles. The molecule has 0 radical (unpaired) electrons. The minimum atomic E-state index is -0.203. The lowest BCUT2D eigenvalue weighted by Gasteiger charge is -2.32. The van der Waals surface area contributed by atoms with Crippen LogP contribution in [0.1, 0.15) is 29.0 Å². The van der Waals surface area contributed by atoms with Gasteiger partial charge in [-0.15, -0.1) is 0 Å². The highest BCUT2D eigenvalue weighted by Gasteiger charge is 2.44. The van der Waals surface area contributed by atoms with Gasteiger partial charge in [-0.1, -0.05) is 6.07 Å². The van der Waals surface area contributed by atoms with E-state index < -0.39 is 0 Å². The summed E-state index contributed by atoms with van der Waals surface area (Å²) in [5, 5.41) is 3.08. The molecular weight excluding hydrogens is 318 g/mol. The molecule has 2 saturated heterocycles. The first-order chi connectivity index (χ1) is 12.3. The Bertz CT molecular complexity index is 712. The van der Waals surface area contributed by atoms with Crippen LogP contribution in [0.15, 0.2) is 43.0 Å². The molecule has 1 N–H and O–H groups in total. The summed E-state index contributed by atoms with van der Waals surface area (Å²) in [4.78, 5) is 27.3. The Morgan fingerprint density at radius 1 is 1.28 bits per heavy atom. The molecule has 0 saturated carbocycles. The topological polar surface area (TPSA) is 80.2 Å². The van der Waals surface area contributed by atoms with Gasteiger partial charge in [0.15, 0.2) is 0 Å². The third-order valence-corrected chi connectivity index (χ3v) is 4.83. The van der Waals surface area contributed by atoms with Gasteiger partial charge in [0.05, 0.1) is 24.0 Å². The van der Waals surface area contributed by atoms with Crippen LogP contribution in [-0.2, 0) is 11.3 Å². The fourth-order valence-electron chi connectivity index (χ4n) is 3.72. The van der Waals surface area contributed by atoms with Crippen LogP contribution < -0.4 is 5.32 Å². The minimum absolute atomic E-state index is 0.0121. The van der Waals surface area contributed by atoms with E-state index in [-0.39, 0.29) is 18.1 Å². The molecule has 0 spiro atoms. The SMILES string of the molecule is O=C(N[C@H]1CN(Cc2ccccn2)[C@H]2CCCO[C@@H]12)c1cnccn1. The van der Waals surface area contributed by atoms with Crippen LogP contribution in [0.25, 0.3) is 0 Å². The van der Waals surface area contributed by atoms with Crippen LogP contribution in [0.3, 0.4) is 0 Å². The lowest BCUT2D eigenvalue weighted by Crippen LogP contribution is -2.47. The van der Waals surface area contributed by atoms with Gasteiger partial charge in [0.2, 0.25) is 0 Å². The number of hydrogen-bond donors (Lipinski definition) is 1. The molecule has 0 unspecified atom stereocenters. The third kappa shape index (κ3) is 3.52. The molecule has 0 aromatic carbocycles. The molecule has 3 atom stereocenters. The summed E-state index contributed by atoms with van der Waals surface area (Å²) in [5.41, 5.74) is 1.37. The maximum absolute atomic E-state index is 12.4. The van der Waals surface area contributed by atoms with E-state index in [1.54, 1.807) is 6.20 Å². The van der Waals surface area contributed by atoms with E-state index in [1.807, 2.05) is 24.4 Å². The minimum Gasteiger partial charge on any atom is -0.374 e. The molecule has 4 rings (SSSR count). The van der Waals surface area contributed by atoms with Crippen molar-refractivity contribution in [2.45, 2.75) is 37.6 Å². The number of carbonyl (C=O) groups excluding carboxylic acids is 1. The van der Waals surface area contributed by atoms with Crippen molar-refractivity contribution in [3.8, 4) is 0 Å². The maximum Gasteiger partial charge on any atom is 0.271 e. The zero-order valence-electron chi connectivity index (χ0n) is 13.9. The Labute approximate surface area is 146 Å². The highest BCUT2D eigenvalue weighted by molar-refractivity contribution is 5.92. The molecule has 2 fully saturated rings. The number of rotatable bonds is 4. The van der Waals surface area contributed by atoms with Gasteiger partial charge in [0.1, 0.15) is 5.69 Å². The van der Waals surface area contributed by atoms with Crippen molar-refractivity contribution < 1.29 is 9.53 Å². The number of carbonyl (C=O) groups is 1. The first kappa shape index (κ1) is 16.1. The molecule has 2 aliphatic heterocycles. The average Bonchev–Trinajstić information content (AvgIpc) is 3.01. The Morgan fingerprint density at radius 2 is 2.24 bits per heavy atom. The summed E-state index contributed by atoms with van der Waals surface area (Å²) in [5.74, 6) is -0.203. The number of aromatic nitrogens is 3. The summed E-state index contributed by atoms with van der Waals surface area (Å²) in [6.07, 6.45) is 8.51. The van der Waals surface area contributed by atoms with Gasteiger partial charge in [-0.3, -0.25) is 19.7 Å². The van der Waals surface area contributed by atoms with Gasteiger partial charge in [0, 0.05) is 44.3 Å². The molecule has 1 amide bonds. The summed E-state index contributed by atoms with van der Waals surface area (Å²) in [6.45, 7) is 2.26. The fourth-order valence-corrected chi connectivity index (χ4v) is 3.72. The van der Waals surface area contributed by atoms with Gasteiger partial charge in [0.25, 0.3) is 5.91 Å². The first-order valence-corrected chi connectivity index (χ1v) is 8.64.